The first kappa shape index (κ1) is 23.6. The number of benzene rings is 2. The van der Waals surface area contributed by atoms with Crippen LogP contribution in [0.1, 0.15) is 34.5 Å². The normalized spacial score (nSPS) is 15.3. The van der Waals surface area contributed by atoms with Crippen molar-refractivity contribution in [3.8, 4) is 11.5 Å². The maximum absolute atomic E-state index is 12.8. The first-order chi connectivity index (χ1) is 15.9. The van der Waals surface area contributed by atoms with E-state index >= 15 is 0 Å². The largest absolute Gasteiger partial charge is 0.496 e. The Labute approximate surface area is 191 Å². The average molecular weight is 454 g/mol. The van der Waals surface area contributed by atoms with Crippen molar-refractivity contribution in [1.29, 1.82) is 0 Å². The fourth-order valence-corrected chi connectivity index (χ4v) is 3.50. The Hall–Kier alpha value is -4.01. The maximum Gasteiger partial charge on any atom is 0.338 e. The van der Waals surface area contributed by atoms with Crippen molar-refractivity contribution in [3.63, 3.8) is 0 Å². The van der Waals surface area contributed by atoms with Crippen LogP contribution in [0, 0.1) is 6.92 Å². The van der Waals surface area contributed by atoms with Gasteiger partial charge in [0, 0.05) is 5.56 Å². The van der Waals surface area contributed by atoms with Crippen molar-refractivity contribution < 1.29 is 33.3 Å². The van der Waals surface area contributed by atoms with E-state index in [1.807, 2.05) is 6.07 Å². The lowest BCUT2D eigenvalue weighted by Gasteiger charge is -2.29. The summed E-state index contributed by atoms with van der Waals surface area (Å²) < 4.78 is 21.2. The molecule has 0 saturated heterocycles. The van der Waals surface area contributed by atoms with Gasteiger partial charge in [-0.05, 0) is 31.5 Å². The molecule has 0 saturated carbocycles. The number of carbonyl (C=O) groups excluding carboxylic acids is 3. The quantitative estimate of drug-likeness (QED) is 0.590. The van der Waals surface area contributed by atoms with E-state index in [0.717, 1.165) is 5.56 Å². The fraction of sp³-hybridized carbons (Fsp3) is 0.292. The lowest BCUT2D eigenvalue weighted by molar-refractivity contribution is -0.139. The molecule has 1 aliphatic heterocycles. The smallest absolute Gasteiger partial charge is 0.338 e. The number of amides is 2. The number of nitrogens with one attached hydrogen (secondary N) is 2. The van der Waals surface area contributed by atoms with Gasteiger partial charge in [-0.3, -0.25) is 0 Å². The van der Waals surface area contributed by atoms with Crippen molar-refractivity contribution in [2.75, 3.05) is 27.4 Å². The molecule has 0 aliphatic carbocycles. The van der Waals surface area contributed by atoms with Crippen LogP contribution in [0.15, 0.2) is 53.7 Å². The number of esters is 2. The molecule has 0 fully saturated rings. The van der Waals surface area contributed by atoms with Crippen LogP contribution in [0.3, 0.4) is 0 Å². The predicted molar refractivity (Wildman–Crippen MR) is 119 cm³/mol. The van der Waals surface area contributed by atoms with Gasteiger partial charge in [0.05, 0.1) is 43.7 Å². The number of rotatable bonds is 8. The van der Waals surface area contributed by atoms with E-state index in [-0.39, 0.29) is 30.0 Å². The van der Waals surface area contributed by atoms with Crippen molar-refractivity contribution >= 4 is 18.0 Å². The Morgan fingerprint density at radius 3 is 2.18 bits per heavy atom. The lowest BCUT2D eigenvalue weighted by atomic mass is 9.95. The van der Waals surface area contributed by atoms with Gasteiger partial charge in [-0.1, -0.05) is 30.3 Å². The Morgan fingerprint density at radius 1 is 0.970 bits per heavy atom. The fourth-order valence-electron chi connectivity index (χ4n) is 3.50. The molecule has 0 bridgehead atoms. The monoisotopic (exact) mass is 454 g/mol. The van der Waals surface area contributed by atoms with E-state index in [1.165, 1.54) is 26.4 Å². The van der Waals surface area contributed by atoms with Crippen molar-refractivity contribution in [2.45, 2.75) is 19.9 Å². The highest BCUT2D eigenvalue weighted by Gasteiger charge is 2.34. The Balaban J connectivity index is 1.92. The summed E-state index contributed by atoms with van der Waals surface area (Å²) in [6.45, 7) is 3.29. The molecular weight excluding hydrogens is 428 g/mol. The van der Waals surface area contributed by atoms with Gasteiger partial charge in [-0.15, -0.1) is 0 Å². The van der Waals surface area contributed by atoms with Crippen LogP contribution in [-0.2, 0) is 14.3 Å². The van der Waals surface area contributed by atoms with E-state index in [1.54, 1.807) is 38.1 Å². The molecule has 1 atom stereocenters. The van der Waals surface area contributed by atoms with Gasteiger partial charge in [0.15, 0.2) is 0 Å². The van der Waals surface area contributed by atoms with Crippen LogP contribution in [0.5, 0.6) is 11.5 Å². The highest BCUT2D eigenvalue weighted by atomic mass is 16.5. The van der Waals surface area contributed by atoms with Crippen LogP contribution >= 0.6 is 0 Å². The molecule has 0 spiro atoms. The molecule has 2 aromatic rings. The lowest BCUT2D eigenvalue weighted by Crippen LogP contribution is -2.47. The second kappa shape index (κ2) is 10.5. The van der Waals surface area contributed by atoms with Crippen molar-refractivity contribution in [2.24, 2.45) is 0 Å². The Bertz CT molecular complexity index is 1050. The summed E-state index contributed by atoms with van der Waals surface area (Å²) in [7, 11) is 2.98. The zero-order valence-corrected chi connectivity index (χ0v) is 18.9. The number of methoxy groups -OCH3 is 2. The summed E-state index contributed by atoms with van der Waals surface area (Å²) in [6.07, 6.45) is 0. The van der Waals surface area contributed by atoms with E-state index in [2.05, 4.69) is 10.6 Å². The van der Waals surface area contributed by atoms with Crippen LogP contribution < -0.4 is 20.1 Å². The van der Waals surface area contributed by atoms with E-state index in [0.29, 0.717) is 17.1 Å². The molecule has 1 heterocycles. The molecule has 2 amide bonds. The second-order valence-electron chi connectivity index (χ2n) is 7.14. The molecule has 1 aliphatic rings. The molecule has 0 radical (unpaired) electrons. The third-order valence-corrected chi connectivity index (χ3v) is 5.12. The molecule has 9 nitrogen and oxygen atoms in total. The van der Waals surface area contributed by atoms with Crippen molar-refractivity contribution in [1.82, 2.24) is 10.6 Å². The minimum atomic E-state index is -0.757. The first-order valence-corrected chi connectivity index (χ1v) is 10.3. The van der Waals surface area contributed by atoms with E-state index < -0.39 is 24.0 Å². The number of hydrogen-bond acceptors (Lipinski definition) is 7. The molecule has 2 aromatic carbocycles. The van der Waals surface area contributed by atoms with Gasteiger partial charge < -0.3 is 29.6 Å². The summed E-state index contributed by atoms with van der Waals surface area (Å²) in [6, 6.07) is 10.8. The van der Waals surface area contributed by atoms with Gasteiger partial charge in [-0.25, -0.2) is 14.4 Å². The van der Waals surface area contributed by atoms with E-state index in [4.69, 9.17) is 18.9 Å². The average Bonchev–Trinajstić information content (AvgIpc) is 2.82. The summed E-state index contributed by atoms with van der Waals surface area (Å²) >= 11 is 0. The zero-order chi connectivity index (χ0) is 24.0. The Morgan fingerprint density at radius 2 is 1.61 bits per heavy atom. The highest BCUT2D eigenvalue weighted by molar-refractivity contribution is 5.95. The molecule has 1 unspecified atom stereocenters. The molecule has 9 heteroatoms. The summed E-state index contributed by atoms with van der Waals surface area (Å²) in [5.74, 6) is -0.367. The predicted octanol–water partition coefficient (Wildman–Crippen LogP) is 3.04. The summed E-state index contributed by atoms with van der Waals surface area (Å²) in [5.41, 5.74) is 1.93. The van der Waals surface area contributed by atoms with Gasteiger partial charge in [0.25, 0.3) is 0 Å². The second-order valence-corrected chi connectivity index (χ2v) is 7.14. The molecule has 3 rings (SSSR count). The van der Waals surface area contributed by atoms with Gasteiger partial charge in [-0.2, -0.15) is 0 Å². The minimum absolute atomic E-state index is 0.144. The number of ether oxygens (including phenoxy) is 4. The summed E-state index contributed by atoms with van der Waals surface area (Å²) in [4.78, 5) is 37.9. The van der Waals surface area contributed by atoms with Crippen LogP contribution in [-0.4, -0.2) is 45.4 Å². The van der Waals surface area contributed by atoms with Crippen LogP contribution in [0.25, 0.3) is 0 Å². The minimum Gasteiger partial charge on any atom is -0.496 e. The molecule has 2 N–H and O–H groups in total. The highest BCUT2D eigenvalue weighted by Crippen LogP contribution is 2.31. The van der Waals surface area contributed by atoms with Crippen molar-refractivity contribution in [3.05, 3.63) is 70.4 Å². The third-order valence-electron chi connectivity index (χ3n) is 5.12. The zero-order valence-electron chi connectivity index (χ0n) is 18.9. The summed E-state index contributed by atoms with van der Waals surface area (Å²) in [5, 5.41) is 5.29. The van der Waals surface area contributed by atoms with Crippen LogP contribution in [0.4, 0.5) is 4.79 Å². The SMILES string of the molecule is CCOC(=O)C1=C(COC(=O)c2cc(OC)c(C)c(OC)c2)NC(=O)NC1c1ccccc1. The van der Waals surface area contributed by atoms with Gasteiger partial charge in [0.1, 0.15) is 18.1 Å². The first-order valence-electron chi connectivity index (χ1n) is 10.3. The molecule has 0 aromatic heterocycles. The maximum atomic E-state index is 12.8. The number of carbonyl (C=O) groups is 3. The van der Waals surface area contributed by atoms with Crippen LogP contribution in [0.2, 0.25) is 0 Å². The van der Waals surface area contributed by atoms with Gasteiger partial charge in [0.2, 0.25) is 0 Å². The molecule has 33 heavy (non-hydrogen) atoms. The van der Waals surface area contributed by atoms with Gasteiger partial charge >= 0.3 is 18.0 Å². The standard InChI is InChI=1S/C24H26N2O7/c1-5-32-23(28)20-17(25-24(29)26-21(20)15-9-7-6-8-10-15)13-33-22(27)16-11-18(30-3)14(2)19(12-16)31-4/h6-12,21H,5,13H2,1-4H3,(H2,25,26,29). The topological polar surface area (TPSA) is 112 Å². The molecule has 174 valence electrons. The number of urea groups is 1. The van der Waals surface area contributed by atoms with E-state index in [9.17, 15) is 14.4 Å². The third kappa shape index (κ3) is 5.25. The molecular formula is C24H26N2O7. The Kier molecular flexibility index (Phi) is 7.55. The number of hydrogen-bond donors (Lipinski definition) is 2.